The number of carbonyl (C=O) groups excluding carboxylic acids is 1. The van der Waals surface area contributed by atoms with Gasteiger partial charge in [0.15, 0.2) is 5.11 Å². The fourth-order valence-electron chi connectivity index (χ4n) is 3.75. The Balaban J connectivity index is 2.01. The predicted molar refractivity (Wildman–Crippen MR) is 141 cm³/mol. The van der Waals surface area contributed by atoms with Crippen LogP contribution in [-0.2, 0) is 0 Å². The fraction of sp³-hybridized carbons (Fsp3) is 0.704. The third-order valence-corrected chi connectivity index (χ3v) is 5.78. The van der Waals surface area contributed by atoms with E-state index in [9.17, 15) is 4.79 Å². The zero-order chi connectivity index (χ0) is 23.4. The Kier molecular flexibility index (Phi) is 16.8. The molecular formula is C27H46N2O2S. The van der Waals surface area contributed by atoms with Crippen molar-refractivity contribution >= 4 is 23.2 Å². The van der Waals surface area contributed by atoms with E-state index in [1.54, 1.807) is 12.1 Å². The van der Waals surface area contributed by atoms with Crippen molar-refractivity contribution in [2.24, 2.45) is 0 Å². The predicted octanol–water partition coefficient (Wildman–Crippen LogP) is 7.56. The summed E-state index contributed by atoms with van der Waals surface area (Å²) in [4.78, 5) is 12.5. The molecule has 182 valence electrons. The van der Waals surface area contributed by atoms with Crippen molar-refractivity contribution in [2.45, 2.75) is 117 Å². The number of unbranched alkanes of at least 4 members (excludes halogenated alkanes) is 13. The first-order chi connectivity index (χ1) is 15.5. The molecule has 0 saturated heterocycles. The molecule has 1 rings (SSSR count). The number of benzene rings is 1. The van der Waals surface area contributed by atoms with Crippen LogP contribution >= 0.6 is 12.2 Å². The van der Waals surface area contributed by atoms with E-state index in [4.69, 9.17) is 17.0 Å². The van der Waals surface area contributed by atoms with Gasteiger partial charge in [0.25, 0.3) is 5.91 Å². The number of carbonyl (C=O) groups is 1. The molecule has 0 aliphatic carbocycles. The molecule has 2 N–H and O–H groups in total. The molecule has 0 heterocycles. The van der Waals surface area contributed by atoms with Gasteiger partial charge in [-0.15, -0.1) is 0 Å². The van der Waals surface area contributed by atoms with Crippen LogP contribution in [0.5, 0.6) is 5.75 Å². The number of hydrogen-bond acceptors (Lipinski definition) is 3. The highest BCUT2D eigenvalue weighted by Crippen LogP contribution is 2.19. The minimum Gasteiger partial charge on any atom is -0.490 e. The molecule has 1 amide bonds. The number of para-hydroxylation sites is 1. The van der Waals surface area contributed by atoms with Crippen LogP contribution < -0.4 is 15.4 Å². The highest BCUT2D eigenvalue weighted by Gasteiger charge is 2.14. The quantitative estimate of drug-likeness (QED) is 0.175. The molecule has 32 heavy (non-hydrogen) atoms. The Morgan fingerprint density at radius 2 is 1.34 bits per heavy atom. The molecule has 0 spiro atoms. The fourth-order valence-corrected chi connectivity index (χ4v) is 3.94. The molecule has 0 saturated carbocycles. The second-order valence-corrected chi connectivity index (χ2v) is 9.38. The first kappa shape index (κ1) is 28.4. The molecule has 0 bridgehead atoms. The van der Waals surface area contributed by atoms with Crippen LogP contribution in [0.4, 0.5) is 0 Å². The van der Waals surface area contributed by atoms with Crippen molar-refractivity contribution in [3.8, 4) is 5.75 Å². The average molecular weight is 463 g/mol. The first-order valence-corrected chi connectivity index (χ1v) is 13.3. The van der Waals surface area contributed by atoms with Gasteiger partial charge in [-0.05, 0) is 44.6 Å². The van der Waals surface area contributed by atoms with Gasteiger partial charge in [-0.2, -0.15) is 0 Å². The van der Waals surface area contributed by atoms with Crippen molar-refractivity contribution < 1.29 is 9.53 Å². The summed E-state index contributed by atoms with van der Waals surface area (Å²) in [6.45, 7) is 6.95. The van der Waals surface area contributed by atoms with Crippen LogP contribution in [0.3, 0.4) is 0 Å². The average Bonchev–Trinajstić information content (AvgIpc) is 2.76. The lowest BCUT2D eigenvalue weighted by atomic mass is 10.0. The molecular weight excluding hydrogens is 416 g/mol. The Morgan fingerprint density at radius 1 is 0.844 bits per heavy atom. The Hall–Kier alpha value is -1.62. The first-order valence-electron chi connectivity index (χ1n) is 12.9. The summed E-state index contributed by atoms with van der Waals surface area (Å²) >= 11 is 5.28. The van der Waals surface area contributed by atoms with Crippen LogP contribution in [0.1, 0.15) is 121 Å². The van der Waals surface area contributed by atoms with Crippen molar-refractivity contribution in [3.63, 3.8) is 0 Å². The van der Waals surface area contributed by atoms with Gasteiger partial charge >= 0.3 is 0 Å². The topological polar surface area (TPSA) is 50.4 Å². The SMILES string of the molecule is CCCCCCCCCCCCCCCCNC(=S)NC(=O)c1ccccc1OC(C)C. The lowest BCUT2D eigenvalue weighted by Gasteiger charge is -2.14. The molecule has 5 heteroatoms. The van der Waals surface area contributed by atoms with Crippen LogP contribution in [-0.4, -0.2) is 23.7 Å². The van der Waals surface area contributed by atoms with Crippen molar-refractivity contribution in [1.82, 2.24) is 10.6 Å². The van der Waals surface area contributed by atoms with Gasteiger partial charge < -0.3 is 10.1 Å². The van der Waals surface area contributed by atoms with Gasteiger partial charge in [0.05, 0.1) is 11.7 Å². The number of nitrogens with one attached hydrogen (secondary N) is 2. The van der Waals surface area contributed by atoms with Crippen LogP contribution in [0, 0.1) is 0 Å². The summed E-state index contributed by atoms with van der Waals surface area (Å²) in [7, 11) is 0. The highest BCUT2D eigenvalue weighted by atomic mass is 32.1. The Labute approximate surface area is 202 Å². The minimum absolute atomic E-state index is 0.00865. The van der Waals surface area contributed by atoms with E-state index in [0.29, 0.717) is 16.4 Å². The summed E-state index contributed by atoms with van der Waals surface area (Å²) in [5.74, 6) is 0.342. The van der Waals surface area contributed by atoms with Crippen LogP contribution in [0.25, 0.3) is 0 Å². The largest absolute Gasteiger partial charge is 0.490 e. The van der Waals surface area contributed by atoms with Crippen LogP contribution in [0.2, 0.25) is 0 Å². The van der Waals surface area contributed by atoms with Crippen molar-refractivity contribution in [3.05, 3.63) is 29.8 Å². The normalized spacial score (nSPS) is 10.9. The second-order valence-electron chi connectivity index (χ2n) is 8.97. The maximum absolute atomic E-state index is 12.5. The second kappa shape index (κ2) is 18.9. The van der Waals surface area contributed by atoms with E-state index in [2.05, 4.69) is 17.6 Å². The molecule has 0 radical (unpaired) electrons. The van der Waals surface area contributed by atoms with E-state index in [0.717, 1.165) is 13.0 Å². The van der Waals surface area contributed by atoms with E-state index in [-0.39, 0.29) is 12.0 Å². The summed E-state index contributed by atoms with van der Waals surface area (Å²) in [6, 6.07) is 7.25. The molecule has 1 aromatic carbocycles. The highest BCUT2D eigenvalue weighted by molar-refractivity contribution is 7.80. The lowest BCUT2D eigenvalue weighted by Crippen LogP contribution is -2.39. The summed E-state index contributed by atoms with van der Waals surface area (Å²) in [5, 5.41) is 6.29. The van der Waals surface area contributed by atoms with E-state index in [1.165, 1.54) is 83.5 Å². The van der Waals surface area contributed by atoms with E-state index >= 15 is 0 Å². The summed E-state index contributed by atoms with van der Waals surface area (Å²) in [6.07, 6.45) is 18.8. The lowest BCUT2D eigenvalue weighted by molar-refractivity contribution is 0.0971. The van der Waals surface area contributed by atoms with Crippen molar-refractivity contribution in [1.29, 1.82) is 0 Å². The third-order valence-electron chi connectivity index (χ3n) is 5.54. The summed E-state index contributed by atoms with van der Waals surface area (Å²) < 4.78 is 5.71. The molecule has 0 aliphatic rings. The Bertz CT molecular complexity index is 634. The molecule has 4 nitrogen and oxygen atoms in total. The van der Waals surface area contributed by atoms with Gasteiger partial charge in [-0.25, -0.2) is 0 Å². The molecule has 0 aliphatic heterocycles. The van der Waals surface area contributed by atoms with E-state index in [1.807, 2.05) is 26.0 Å². The molecule has 0 aromatic heterocycles. The van der Waals surface area contributed by atoms with Gasteiger partial charge in [0.2, 0.25) is 0 Å². The monoisotopic (exact) mass is 462 g/mol. The van der Waals surface area contributed by atoms with Gasteiger partial charge in [0, 0.05) is 6.54 Å². The standard InChI is InChI=1S/C27H46N2O2S/c1-4-5-6-7-8-9-10-11-12-13-14-15-16-19-22-28-27(32)29-26(30)24-20-17-18-21-25(24)31-23(2)3/h17-18,20-21,23H,4-16,19,22H2,1-3H3,(H2,28,29,30,32). The van der Waals surface area contributed by atoms with E-state index < -0.39 is 0 Å². The minimum atomic E-state index is -0.236. The number of amides is 1. The number of ether oxygens (including phenoxy) is 1. The maximum Gasteiger partial charge on any atom is 0.261 e. The zero-order valence-corrected chi connectivity index (χ0v) is 21.5. The van der Waals surface area contributed by atoms with Crippen LogP contribution in [0.15, 0.2) is 24.3 Å². The smallest absolute Gasteiger partial charge is 0.261 e. The Morgan fingerprint density at radius 3 is 1.88 bits per heavy atom. The summed E-state index contributed by atoms with van der Waals surface area (Å²) in [5.41, 5.74) is 0.502. The van der Waals surface area contributed by atoms with Gasteiger partial charge in [0.1, 0.15) is 5.75 Å². The van der Waals surface area contributed by atoms with Gasteiger partial charge in [-0.3, -0.25) is 10.1 Å². The molecule has 0 atom stereocenters. The molecule has 0 fully saturated rings. The third kappa shape index (κ3) is 14.4. The maximum atomic E-state index is 12.5. The number of thiocarbonyl (C=S) groups is 1. The molecule has 0 unspecified atom stereocenters. The number of rotatable bonds is 18. The molecule has 1 aromatic rings. The van der Waals surface area contributed by atoms with Crippen molar-refractivity contribution in [2.75, 3.05) is 6.54 Å². The zero-order valence-electron chi connectivity index (χ0n) is 20.7. The van der Waals surface area contributed by atoms with Gasteiger partial charge in [-0.1, -0.05) is 103 Å². The number of hydrogen-bond donors (Lipinski definition) is 2.